The lowest BCUT2D eigenvalue weighted by Gasteiger charge is -2.27. The van der Waals surface area contributed by atoms with Gasteiger partial charge in [0.2, 0.25) is 0 Å². The fraction of sp³-hybridized carbons (Fsp3) is 0.455. The highest BCUT2D eigenvalue weighted by Gasteiger charge is 2.28. The molecule has 0 bridgehead atoms. The lowest BCUT2D eigenvalue weighted by Crippen LogP contribution is -2.32. The summed E-state index contributed by atoms with van der Waals surface area (Å²) in [6, 6.07) is 12.1. The van der Waals surface area contributed by atoms with Gasteiger partial charge in [-0.2, -0.15) is 0 Å². The van der Waals surface area contributed by atoms with E-state index < -0.39 is 18.1 Å². The Kier molecular flexibility index (Phi) is 10.3. The van der Waals surface area contributed by atoms with E-state index in [0.717, 1.165) is 35.6 Å². The number of ether oxygens (including phenoxy) is 1. The van der Waals surface area contributed by atoms with E-state index in [9.17, 15) is 30.6 Å². The number of aryl methyl sites for hydroxylation is 1. The molecule has 4 atom stereocenters. The lowest BCUT2D eigenvalue weighted by molar-refractivity contribution is 0.00557. The first kappa shape index (κ1) is 29.7. The minimum atomic E-state index is -0.801. The van der Waals surface area contributed by atoms with Crippen molar-refractivity contribution in [3.63, 3.8) is 0 Å². The molecule has 6 N–H and O–H groups in total. The number of hydrogen-bond acceptors (Lipinski definition) is 7. The second kappa shape index (κ2) is 13.9. The van der Waals surface area contributed by atoms with Crippen molar-refractivity contribution in [1.29, 1.82) is 0 Å². The molecule has 0 radical (unpaired) electrons. The number of aliphatic hydroxyl groups excluding tert-OH is 4. The van der Waals surface area contributed by atoms with Gasteiger partial charge in [-0.05, 0) is 89.9 Å². The van der Waals surface area contributed by atoms with Gasteiger partial charge in [0, 0.05) is 30.4 Å². The molecule has 214 valence electrons. The third-order valence-corrected chi connectivity index (χ3v) is 8.03. The number of benzene rings is 3. The number of fused-ring (bicyclic) bond motifs is 1. The largest absolute Gasteiger partial charge is 0.508 e. The van der Waals surface area contributed by atoms with E-state index in [0.29, 0.717) is 48.8 Å². The van der Waals surface area contributed by atoms with Crippen LogP contribution in [0.5, 0.6) is 17.2 Å². The smallest absolute Gasteiger partial charge is 0.168 e. The van der Waals surface area contributed by atoms with Gasteiger partial charge >= 0.3 is 0 Å². The van der Waals surface area contributed by atoms with Crippen LogP contribution in [0.3, 0.4) is 0 Å². The van der Waals surface area contributed by atoms with Crippen molar-refractivity contribution in [1.82, 2.24) is 0 Å². The molecule has 0 aliphatic heterocycles. The van der Waals surface area contributed by atoms with Crippen LogP contribution in [-0.4, -0.2) is 56.6 Å². The first-order valence-electron chi connectivity index (χ1n) is 14.1. The van der Waals surface area contributed by atoms with Gasteiger partial charge in [0.05, 0.1) is 25.9 Å². The zero-order valence-corrected chi connectivity index (χ0v) is 23.0. The average Bonchev–Trinajstić information content (AvgIpc) is 2.95. The molecule has 0 amide bonds. The fourth-order valence-corrected chi connectivity index (χ4v) is 5.79. The molecular weight excluding hydrogens is 508 g/mol. The molecule has 0 saturated heterocycles. The number of aromatic hydroxyl groups is 2. The number of rotatable bonds is 9. The summed E-state index contributed by atoms with van der Waals surface area (Å²) in [7, 11) is 1.48. The average molecular weight is 549 g/mol. The van der Waals surface area contributed by atoms with Crippen molar-refractivity contribution in [2.45, 2.75) is 70.2 Å². The summed E-state index contributed by atoms with van der Waals surface area (Å²) in [5.74, 6) is 6.51. The Morgan fingerprint density at radius 2 is 1.77 bits per heavy atom. The molecular formula is C33H40O7. The van der Waals surface area contributed by atoms with Crippen LogP contribution in [0.15, 0.2) is 42.5 Å². The molecule has 0 saturated carbocycles. The fourth-order valence-electron chi connectivity index (χ4n) is 5.79. The first-order valence-corrected chi connectivity index (χ1v) is 14.1. The molecule has 3 aromatic carbocycles. The van der Waals surface area contributed by atoms with Gasteiger partial charge in [-0.15, -0.1) is 5.92 Å². The quantitative estimate of drug-likeness (QED) is 0.215. The summed E-state index contributed by atoms with van der Waals surface area (Å²) in [4.78, 5) is 0. The summed E-state index contributed by atoms with van der Waals surface area (Å²) in [6.45, 7) is -0.157. The topological polar surface area (TPSA) is 131 Å². The molecule has 1 aliphatic rings. The second-order valence-electron chi connectivity index (χ2n) is 10.7. The summed E-state index contributed by atoms with van der Waals surface area (Å²) >= 11 is 0. The molecule has 0 spiro atoms. The van der Waals surface area contributed by atoms with Gasteiger partial charge in [-0.25, -0.2) is 0 Å². The molecule has 40 heavy (non-hydrogen) atoms. The zero-order valence-electron chi connectivity index (χ0n) is 23.0. The molecule has 0 heterocycles. The monoisotopic (exact) mass is 548 g/mol. The Labute approximate surface area is 235 Å². The number of phenolic OH excluding ortho intramolecular Hbond substituents is 2. The van der Waals surface area contributed by atoms with E-state index in [1.807, 2.05) is 12.1 Å². The minimum Gasteiger partial charge on any atom is -0.508 e. The Morgan fingerprint density at radius 3 is 2.52 bits per heavy atom. The predicted octanol–water partition coefficient (Wildman–Crippen LogP) is 4.66. The van der Waals surface area contributed by atoms with Crippen LogP contribution < -0.4 is 4.74 Å². The van der Waals surface area contributed by atoms with Crippen molar-refractivity contribution in [2.75, 3.05) is 13.7 Å². The maximum atomic E-state index is 11.3. The predicted molar refractivity (Wildman–Crippen MR) is 155 cm³/mol. The zero-order chi connectivity index (χ0) is 28.6. The van der Waals surface area contributed by atoms with Gasteiger partial charge in [0.1, 0.15) is 5.75 Å². The standard InChI is InChI=1S/C33H40O7/c1-40-33-31(39)14-11-22(32(33)28-19-23-9-12-26(36)18-24(23)17-25(28)20-35)10-13-30(38)27-7-4-6-21(15-16-34)5-2-3-8-29(27)37/h9,11-12,14,17-19,21,27,29-30,34-39H,2-3,5,7-8,10,13,15-16,20H2,1H3/t21-,27-,29-,30+/m0/s1. The Balaban J connectivity index is 1.65. The van der Waals surface area contributed by atoms with Gasteiger partial charge in [-0.3, -0.25) is 0 Å². The number of hydrogen-bond donors (Lipinski definition) is 6. The van der Waals surface area contributed by atoms with Gasteiger partial charge in [-0.1, -0.05) is 30.9 Å². The third kappa shape index (κ3) is 6.89. The summed E-state index contributed by atoms with van der Waals surface area (Å²) < 4.78 is 5.62. The van der Waals surface area contributed by atoms with Crippen molar-refractivity contribution in [2.24, 2.45) is 11.8 Å². The van der Waals surface area contributed by atoms with Gasteiger partial charge in [0.15, 0.2) is 11.5 Å². The van der Waals surface area contributed by atoms with Crippen LogP contribution in [0.2, 0.25) is 0 Å². The molecule has 7 heteroatoms. The number of phenols is 2. The van der Waals surface area contributed by atoms with Gasteiger partial charge in [0.25, 0.3) is 0 Å². The Bertz CT molecular complexity index is 1360. The second-order valence-corrected chi connectivity index (χ2v) is 10.7. The summed E-state index contributed by atoms with van der Waals surface area (Å²) in [5, 5.41) is 63.9. The van der Waals surface area contributed by atoms with E-state index in [2.05, 4.69) is 11.8 Å². The molecule has 7 nitrogen and oxygen atoms in total. The summed E-state index contributed by atoms with van der Waals surface area (Å²) in [6.07, 6.45) is 3.63. The minimum absolute atomic E-state index is 0.0352. The SMILES string of the molecule is COc1c(O)ccc(CC[C@@H](O)[C@H]2CC#C[C@@H](CCO)CCCC[C@@H]2O)c1-c1cc2ccc(O)cc2cc1CO. The van der Waals surface area contributed by atoms with Crippen LogP contribution >= 0.6 is 0 Å². The highest BCUT2D eigenvalue weighted by Crippen LogP contribution is 2.43. The molecule has 1 aliphatic carbocycles. The van der Waals surface area contributed by atoms with Gasteiger partial charge < -0.3 is 35.4 Å². The first-order chi connectivity index (χ1) is 19.4. The van der Waals surface area contributed by atoms with Crippen molar-refractivity contribution in [3.8, 4) is 40.2 Å². The molecule has 3 aromatic rings. The number of aliphatic hydroxyl groups is 4. The van der Waals surface area contributed by atoms with Crippen molar-refractivity contribution in [3.05, 3.63) is 53.6 Å². The number of methoxy groups -OCH3 is 1. The van der Waals surface area contributed by atoms with E-state index in [1.54, 1.807) is 30.3 Å². The molecule has 4 rings (SSSR count). The molecule has 0 fully saturated rings. The molecule has 0 unspecified atom stereocenters. The maximum Gasteiger partial charge on any atom is 0.168 e. The molecule has 0 aromatic heterocycles. The van der Waals surface area contributed by atoms with E-state index in [-0.39, 0.29) is 36.4 Å². The summed E-state index contributed by atoms with van der Waals surface area (Å²) in [5.41, 5.74) is 2.76. The van der Waals surface area contributed by atoms with Crippen LogP contribution in [0, 0.1) is 23.7 Å². The van der Waals surface area contributed by atoms with E-state index in [4.69, 9.17) is 4.74 Å². The normalized spacial score (nSPS) is 20.5. The van der Waals surface area contributed by atoms with E-state index >= 15 is 0 Å². The highest BCUT2D eigenvalue weighted by atomic mass is 16.5. The van der Waals surface area contributed by atoms with Crippen LogP contribution in [0.25, 0.3) is 21.9 Å². The Hall–Kier alpha value is -3.28. The van der Waals surface area contributed by atoms with E-state index in [1.165, 1.54) is 7.11 Å². The lowest BCUT2D eigenvalue weighted by atomic mass is 9.84. The van der Waals surface area contributed by atoms with Crippen molar-refractivity contribution < 1.29 is 35.4 Å². The third-order valence-electron chi connectivity index (χ3n) is 8.03. The van der Waals surface area contributed by atoms with Crippen LogP contribution in [0.1, 0.15) is 56.1 Å². The van der Waals surface area contributed by atoms with Crippen LogP contribution in [-0.2, 0) is 13.0 Å². The van der Waals surface area contributed by atoms with Crippen molar-refractivity contribution >= 4 is 10.8 Å². The maximum absolute atomic E-state index is 11.3. The van der Waals surface area contributed by atoms with Crippen LogP contribution in [0.4, 0.5) is 0 Å². The highest BCUT2D eigenvalue weighted by molar-refractivity contribution is 5.92. The Morgan fingerprint density at radius 1 is 0.975 bits per heavy atom.